The Labute approximate surface area is 109 Å². The molecule has 1 aromatic heterocycles. The van der Waals surface area contributed by atoms with Gasteiger partial charge in [0.25, 0.3) is 10.0 Å². The van der Waals surface area contributed by atoms with Crippen LogP contribution in [0.2, 0.25) is 0 Å². The number of nitrogens with zero attached hydrogens (tertiary/aromatic N) is 2. The highest BCUT2D eigenvalue weighted by Crippen LogP contribution is 2.05. The Morgan fingerprint density at radius 1 is 1.58 bits per heavy atom. The summed E-state index contributed by atoms with van der Waals surface area (Å²) in [4.78, 5) is 14.1. The summed E-state index contributed by atoms with van der Waals surface area (Å²) < 4.78 is 25.7. The fraction of sp³-hybridized carbons (Fsp3) is 0.300. The van der Waals surface area contributed by atoms with Crippen molar-refractivity contribution in [3.05, 3.63) is 23.9 Å². The van der Waals surface area contributed by atoms with Crippen LogP contribution in [0, 0.1) is 11.3 Å². The van der Waals surface area contributed by atoms with Crippen LogP contribution in [-0.4, -0.2) is 37.1 Å². The van der Waals surface area contributed by atoms with E-state index in [1.807, 2.05) is 6.07 Å². The monoisotopic (exact) mass is 284 g/mol. The minimum atomic E-state index is -3.83. The summed E-state index contributed by atoms with van der Waals surface area (Å²) in [6.45, 7) is -0.114. The third kappa shape index (κ3) is 4.29. The molecule has 1 unspecified atom stereocenters. The van der Waals surface area contributed by atoms with Crippen LogP contribution in [0.3, 0.4) is 0 Å². The molecule has 1 rings (SSSR count). The number of aromatic nitrogens is 1. The van der Waals surface area contributed by atoms with Gasteiger partial charge in [-0.1, -0.05) is 0 Å². The normalized spacial score (nSPS) is 12.6. The van der Waals surface area contributed by atoms with E-state index in [-0.39, 0.29) is 23.6 Å². The van der Waals surface area contributed by atoms with E-state index in [1.54, 1.807) is 0 Å². The van der Waals surface area contributed by atoms with Crippen molar-refractivity contribution in [2.24, 2.45) is 5.73 Å². The lowest BCUT2D eigenvalue weighted by atomic mass is 10.2. The molecular weight excluding hydrogens is 272 g/mol. The van der Waals surface area contributed by atoms with Crippen LogP contribution in [0.4, 0.5) is 0 Å². The van der Waals surface area contributed by atoms with Gasteiger partial charge in [0.2, 0.25) is 0 Å². The predicted molar refractivity (Wildman–Crippen MR) is 64.4 cm³/mol. The number of hydrogen-bond acceptors (Lipinski definition) is 6. The molecule has 0 saturated carbocycles. The van der Waals surface area contributed by atoms with Crippen molar-refractivity contribution in [1.29, 1.82) is 5.26 Å². The molecule has 0 aliphatic rings. The quantitative estimate of drug-likeness (QED) is 0.609. The first-order valence-electron chi connectivity index (χ1n) is 5.21. The minimum absolute atomic E-state index is 0.0369. The molecule has 0 aromatic carbocycles. The van der Waals surface area contributed by atoms with Crippen LogP contribution in [-0.2, 0) is 14.8 Å². The van der Waals surface area contributed by atoms with Gasteiger partial charge >= 0.3 is 5.97 Å². The highest BCUT2D eigenvalue weighted by Gasteiger charge is 2.17. The summed E-state index contributed by atoms with van der Waals surface area (Å²) in [7, 11) is -3.83. The fourth-order valence-electron chi connectivity index (χ4n) is 1.15. The Bertz CT molecular complexity index is 591. The van der Waals surface area contributed by atoms with Crippen molar-refractivity contribution < 1.29 is 18.3 Å². The summed E-state index contributed by atoms with van der Waals surface area (Å²) in [6.07, 6.45) is 1.10. The minimum Gasteiger partial charge on any atom is -0.480 e. The van der Waals surface area contributed by atoms with Gasteiger partial charge in [-0.15, -0.1) is 0 Å². The maximum absolute atomic E-state index is 11.7. The van der Waals surface area contributed by atoms with Gasteiger partial charge in [0, 0.05) is 12.7 Å². The van der Waals surface area contributed by atoms with Crippen LogP contribution in [0.25, 0.3) is 0 Å². The van der Waals surface area contributed by atoms with E-state index in [4.69, 9.17) is 16.1 Å². The molecular formula is C10H12N4O4S. The van der Waals surface area contributed by atoms with Crippen LogP contribution in [0.5, 0.6) is 0 Å². The highest BCUT2D eigenvalue weighted by molar-refractivity contribution is 7.89. The number of rotatable bonds is 6. The second kappa shape index (κ2) is 6.24. The number of hydrogen-bond donors (Lipinski definition) is 3. The van der Waals surface area contributed by atoms with Crippen molar-refractivity contribution in [1.82, 2.24) is 9.71 Å². The lowest BCUT2D eigenvalue weighted by Crippen LogP contribution is -2.35. The Kier molecular flexibility index (Phi) is 4.94. The smallest absolute Gasteiger partial charge is 0.320 e. The van der Waals surface area contributed by atoms with E-state index in [9.17, 15) is 13.2 Å². The average Bonchev–Trinajstić information content (AvgIpc) is 2.38. The van der Waals surface area contributed by atoms with Gasteiger partial charge in [0.15, 0.2) is 5.03 Å². The van der Waals surface area contributed by atoms with Crippen LogP contribution in [0.15, 0.2) is 23.4 Å². The molecule has 102 valence electrons. The molecule has 1 atom stereocenters. The van der Waals surface area contributed by atoms with Crippen molar-refractivity contribution in [2.75, 3.05) is 6.54 Å². The van der Waals surface area contributed by atoms with Crippen LogP contribution < -0.4 is 10.5 Å². The molecule has 0 aliphatic carbocycles. The lowest BCUT2D eigenvalue weighted by molar-refractivity contribution is -0.138. The second-order valence-electron chi connectivity index (χ2n) is 3.63. The zero-order valence-corrected chi connectivity index (χ0v) is 10.6. The Morgan fingerprint density at radius 2 is 2.26 bits per heavy atom. The van der Waals surface area contributed by atoms with Gasteiger partial charge in [0.05, 0.1) is 5.56 Å². The van der Waals surface area contributed by atoms with Gasteiger partial charge in [-0.05, 0) is 18.6 Å². The SMILES string of the molecule is N#Cc1ccc(S(=O)(=O)NCCC(N)C(=O)O)nc1. The maximum atomic E-state index is 11.7. The van der Waals surface area contributed by atoms with Crippen molar-refractivity contribution in [2.45, 2.75) is 17.5 Å². The summed E-state index contributed by atoms with van der Waals surface area (Å²) in [6, 6.07) is 3.20. The molecule has 0 aliphatic heterocycles. The molecule has 0 saturated heterocycles. The lowest BCUT2D eigenvalue weighted by Gasteiger charge is -2.08. The molecule has 1 heterocycles. The van der Waals surface area contributed by atoms with Crippen LogP contribution in [0.1, 0.15) is 12.0 Å². The molecule has 0 bridgehead atoms. The molecule has 0 amide bonds. The molecule has 0 fully saturated rings. The zero-order valence-electron chi connectivity index (χ0n) is 9.78. The number of sulfonamides is 1. The highest BCUT2D eigenvalue weighted by atomic mass is 32.2. The number of nitrogens with one attached hydrogen (secondary N) is 1. The summed E-state index contributed by atoms with van der Waals surface area (Å²) >= 11 is 0. The zero-order chi connectivity index (χ0) is 14.5. The van der Waals surface area contributed by atoms with Gasteiger partial charge < -0.3 is 10.8 Å². The Morgan fingerprint density at radius 3 is 2.74 bits per heavy atom. The molecule has 0 spiro atoms. The van der Waals surface area contributed by atoms with Crippen molar-refractivity contribution in [3.8, 4) is 6.07 Å². The number of aliphatic carboxylic acids is 1. The molecule has 8 nitrogen and oxygen atoms in total. The van der Waals surface area contributed by atoms with Gasteiger partial charge in [-0.25, -0.2) is 18.1 Å². The molecule has 1 aromatic rings. The first-order chi connectivity index (χ1) is 8.86. The summed E-state index contributed by atoms with van der Waals surface area (Å²) in [5, 5.41) is 16.9. The molecule has 4 N–H and O–H groups in total. The van der Waals surface area contributed by atoms with Crippen LogP contribution >= 0.6 is 0 Å². The number of carbonyl (C=O) groups is 1. The molecule has 19 heavy (non-hydrogen) atoms. The standard InChI is InChI=1S/C10H12N4O4S/c11-5-7-1-2-9(13-6-7)19(17,18)14-4-3-8(12)10(15)16/h1-2,6,8,14H,3-4,12H2,(H,15,16). The van der Waals surface area contributed by atoms with E-state index in [0.29, 0.717) is 0 Å². The Hall–Kier alpha value is -2.02. The topological polar surface area (TPSA) is 146 Å². The largest absolute Gasteiger partial charge is 0.480 e. The van der Waals surface area contributed by atoms with E-state index in [2.05, 4.69) is 9.71 Å². The second-order valence-corrected chi connectivity index (χ2v) is 5.34. The third-order valence-electron chi connectivity index (χ3n) is 2.21. The van der Waals surface area contributed by atoms with E-state index < -0.39 is 22.0 Å². The average molecular weight is 284 g/mol. The molecule has 9 heteroatoms. The predicted octanol–water partition coefficient (Wildman–Crippen LogP) is -0.966. The van der Waals surface area contributed by atoms with Gasteiger partial charge in [-0.2, -0.15) is 5.26 Å². The first kappa shape index (κ1) is 15.0. The number of nitriles is 1. The molecule has 0 radical (unpaired) electrons. The van der Waals surface area contributed by atoms with E-state index in [1.165, 1.54) is 12.1 Å². The maximum Gasteiger partial charge on any atom is 0.320 e. The van der Waals surface area contributed by atoms with Gasteiger partial charge in [-0.3, -0.25) is 4.79 Å². The number of carboxylic acids is 1. The number of nitrogens with two attached hydrogens (primary N) is 1. The third-order valence-corrected chi connectivity index (χ3v) is 3.58. The number of carboxylic acid groups (broad SMARTS) is 1. The number of pyridine rings is 1. The van der Waals surface area contributed by atoms with Crippen molar-refractivity contribution in [3.63, 3.8) is 0 Å². The van der Waals surface area contributed by atoms with Gasteiger partial charge in [0.1, 0.15) is 12.1 Å². The van der Waals surface area contributed by atoms with E-state index in [0.717, 1.165) is 6.20 Å². The fourth-order valence-corrected chi connectivity index (χ4v) is 2.12. The van der Waals surface area contributed by atoms with E-state index >= 15 is 0 Å². The van der Waals surface area contributed by atoms with Crippen molar-refractivity contribution >= 4 is 16.0 Å². The first-order valence-corrected chi connectivity index (χ1v) is 6.69. The summed E-state index contributed by atoms with van der Waals surface area (Å²) in [5.74, 6) is -1.20. The summed E-state index contributed by atoms with van der Waals surface area (Å²) in [5.41, 5.74) is 5.48. The Balaban J connectivity index is 2.66.